The molecule has 2 aliphatic rings. The molecule has 2 saturated carbocycles. The van der Waals surface area contributed by atoms with Crippen LogP contribution < -0.4 is 16.3 Å². The second-order valence-electron chi connectivity index (χ2n) is 9.18. The molecule has 0 unspecified atom stereocenters. The van der Waals surface area contributed by atoms with Crippen LogP contribution in [0.25, 0.3) is 5.69 Å². The molecule has 0 saturated heterocycles. The van der Waals surface area contributed by atoms with E-state index in [2.05, 4.69) is 26.2 Å². The molecule has 1 aromatic heterocycles. The highest BCUT2D eigenvalue weighted by molar-refractivity contribution is 5.94. The zero-order valence-corrected chi connectivity index (χ0v) is 19.2. The number of carbonyl (C=O) groups excluding carboxylic acids is 2. The number of fused-ring (bicyclic) bond motifs is 1. The Bertz CT molecular complexity index is 1240. The summed E-state index contributed by atoms with van der Waals surface area (Å²) in [5.41, 5.74) is 1.47. The smallest absolute Gasteiger partial charge is 0.407 e. The number of hydrogen-bond acceptors (Lipinski definition) is 6. The monoisotopic (exact) mass is 476 g/mol. The van der Waals surface area contributed by atoms with Gasteiger partial charge in [-0.1, -0.05) is 55.7 Å². The average Bonchev–Trinajstić information content (AvgIpc) is 3.18. The number of H-pyrrole nitrogens is 1. The number of benzene rings is 2. The summed E-state index contributed by atoms with van der Waals surface area (Å²) in [6, 6.07) is 16.1. The summed E-state index contributed by atoms with van der Waals surface area (Å²) in [7, 11) is 0. The molecule has 2 aromatic carbocycles. The van der Waals surface area contributed by atoms with Gasteiger partial charge in [0.05, 0.1) is 11.6 Å². The summed E-state index contributed by atoms with van der Waals surface area (Å²) in [6.07, 6.45) is 4.77. The zero-order chi connectivity index (χ0) is 24.2. The number of tetrazole rings is 1. The van der Waals surface area contributed by atoms with Gasteiger partial charge in [0, 0.05) is 11.7 Å². The van der Waals surface area contributed by atoms with Gasteiger partial charge in [0.1, 0.15) is 6.61 Å². The van der Waals surface area contributed by atoms with Crippen LogP contribution in [0.2, 0.25) is 0 Å². The van der Waals surface area contributed by atoms with Gasteiger partial charge in [0.25, 0.3) is 0 Å². The summed E-state index contributed by atoms with van der Waals surface area (Å²) in [4.78, 5) is 37.8. The van der Waals surface area contributed by atoms with Crippen molar-refractivity contribution in [1.29, 1.82) is 0 Å². The summed E-state index contributed by atoms with van der Waals surface area (Å²) in [5.74, 6) is -0.0113. The van der Waals surface area contributed by atoms with E-state index in [9.17, 15) is 14.4 Å². The van der Waals surface area contributed by atoms with Crippen LogP contribution in [0, 0.1) is 17.8 Å². The minimum atomic E-state index is -0.508. The van der Waals surface area contributed by atoms with E-state index in [1.54, 1.807) is 24.3 Å². The highest BCUT2D eigenvalue weighted by atomic mass is 16.5. The lowest BCUT2D eigenvalue weighted by Gasteiger charge is -2.50. The first-order valence-electron chi connectivity index (χ1n) is 12.0. The molecule has 2 fully saturated rings. The van der Waals surface area contributed by atoms with Crippen LogP contribution in [0.5, 0.6) is 0 Å². The molecular weight excluding hydrogens is 448 g/mol. The maximum atomic E-state index is 13.4. The molecule has 10 heteroatoms. The van der Waals surface area contributed by atoms with Gasteiger partial charge in [-0.15, -0.1) is 0 Å². The lowest BCUT2D eigenvalue weighted by atomic mass is 9.58. The van der Waals surface area contributed by atoms with Gasteiger partial charge in [-0.3, -0.25) is 4.79 Å². The number of alkyl carbamates (subject to hydrolysis) is 1. The number of aromatic amines is 1. The molecule has 1 heterocycles. The van der Waals surface area contributed by atoms with Crippen molar-refractivity contribution < 1.29 is 14.3 Å². The first-order chi connectivity index (χ1) is 17.1. The first-order valence-corrected chi connectivity index (χ1v) is 12.0. The van der Waals surface area contributed by atoms with E-state index in [0.29, 0.717) is 11.4 Å². The van der Waals surface area contributed by atoms with Crippen LogP contribution in [0.4, 0.5) is 10.5 Å². The maximum absolute atomic E-state index is 13.4. The topological polar surface area (TPSA) is 131 Å². The third kappa shape index (κ3) is 4.96. The predicted molar refractivity (Wildman–Crippen MR) is 128 cm³/mol. The minimum absolute atomic E-state index is 0.147. The number of nitrogens with zero attached hydrogens (tertiary/aromatic N) is 3. The highest BCUT2D eigenvalue weighted by Gasteiger charge is 2.54. The Morgan fingerprint density at radius 1 is 1.03 bits per heavy atom. The van der Waals surface area contributed by atoms with Crippen LogP contribution >= 0.6 is 0 Å². The third-order valence-electron chi connectivity index (χ3n) is 7.06. The SMILES string of the molecule is O=C(N[C@H]1[C@H]2CCCCC[C@H]2[C@H]1C(=O)Nc1cccc(-n2nn[nH]c2=O)c1)OCc1ccccc1. The van der Waals surface area contributed by atoms with E-state index in [-0.39, 0.29) is 36.3 Å². The van der Waals surface area contributed by atoms with Gasteiger partial charge in [0.2, 0.25) is 5.91 Å². The molecule has 4 atom stereocenters. The van der Waals surface area contributed by atoms with Gasteiger partial charge in [-0.25, -0.2) is 14.7 Å². The van der Waals surface area contributed by atoms with E-state index in [1.807, 2.05) is 30.3 Å². The van der Waals surface area contributed by atoms with E-state index >= 15 is 0 Å². The van der Waals surface area contributed by atoms with Gasteiger partial charge < -0.3 is 15.4 Å². The number of ether oxygens (including phenoxy) is 1. The number of rotatable bonds is 6. The standard InChI is InChI=1S/C25H28N6O4/c32-23(26-17-10-7-11-18(14-17)31-24(33)28-29-30-31)21-19-12-5-2-6-13-20(19)22(21)27-25(34)35-15-16-8-3-1-4-9-16/h1,3-4,7-11,14,19-22H,2,5-6,12-13,15H2,(H,26,32)(H,27,34)(H,28,30,33)/t19-,20+,21-,22+/m1/s1. The van der Waals surface area contributed by atoms with Crippen molar-refractivity contribution >= 4 is 17.7 Å². The first kappa shape index (κ1) is 22.8. The van der Waals surface area contributed by atoms with Gasteiger partial charge in [0.15, 0.2) is 0 Å². The molecule has 3 N–H and O–H groups in total. The zero-order valence-electron chi connectivity index (χ0n) is 19.2. The van der Waals surface area contributed by atoms with Gasteiger partial charge >= 0.3 is 11.8 Å². The Kier molecular flexibility index (Phi) is 6.60. The molecule has 2 amide bonds. The molecule has 0 bridgehead atoms. The Hall–Kier alpha value is -3.95. The Balaban J connectivity index is 1.28. The number of hydrogen-bond donors (Lipinski definition) is 3. The molecule has 2 aliphatic carbocycles. The summed E-state index contributed by atoms with van der Waals surface area (Å²) >= 11 is 0. The van der Waals surface area contributed by atoms with Crippen LogP contribution in [0.1, 0.15) is 37.7 Å². The molecule has 0 radical (unpaired) electrons. The second kappa shape index (κ2) is 10.1. The van der Waals surface area contributed by atoms with Crippen LogP contribution in [-0.4, -0.2) is 38.2 Å². The number of anilines is 1. The van der Waals surface area contributed by atoms with Crippen LogP contribution in [0.15, 0.2) is 59.4 Å². The molecular formula is C25H28N6O4. The van der Waals surface area contributed by atoms with Crippen LogP contribution in [-0.2, 0) is 16.1 Å². The number of carbonyl (C=O) groups is 2. The van der Waals surface area contributed by atoms with E-state index in [0.717, 1.165) is 42.3 Å². The van der Waals surface area contributed by atoms with Crippen molar-refractivity contribution in [3.63, 3.8) is 0 Å². The highest BCUT2D eigenvalue weighted by Crippen LogP contribution is 2.49. The maximum Gasteiger partial charge on any atom is 0.407 e. The molecule has 10 nitrogen and oxygen atoms in total. The van der Waals surface area contributed by atoms with E-state index < -0.39 is 11.8 Å². The normalized spacial score (nSPS) is 23.3. The lowest BCUT2D eigenvalue weighted by Crippen LogP contribution is -2.63. The molecule has 5 rings (SSSR count). The summed E-state index contributed by atoms with van der Waals surface area (Å²) in [6.45, 7) is 0.179. The fourth-order valence-corrected chi connectivity index (χ4v) is 5.41. The molecule has 182 valence electrons. The van der Waals surface area contributed by atoms with Crippen molar-refractivity contribution in [3.8, 4) is 5.69 Å². The number of amides is 2. The molecule has 3 aromatic rings. The lowest BCUT2D eigenvalue weighted by molar-refractivity contribution is -0.131. The van der Waals surface area contributed by atoms with Gasteiger partial charge in [-0.05, 0) is 58.9 Å². The fraction of sp³-hybridized carbons (Fsp3) is 0.400. The third-order valence-corrected chi connectivity index (χ3v) is 7.06. The summed E-state index contributed by atoms with van der Waals surface area (Å²) < 4.78 is 6.55. The summed E-state index contributed by atoms with van der Waals surface area (Å²) in [5, 5.41) is 15.5. The van der Waals surface area contributed by atoms with Gasteiger partial charge in [-0.2, -0.15) is 4.68 Å². The largest absolute Gasteiger partial charge is 0.445 e. The molecule has 0 spiro atoms. The predicted octanol–water partition coefficient (Wildman–Crippen LogP) is 3.02. The molecule has 35 heavy (non-hydrogen) atoms. The van der Waals surface area contributed by atoms with E-state index in [1.165, 1.54) is 0 Å². The second-order valence-corrected chi connectivity index (χ2v) is 9.18. The van der Waals surface area contributed by atoms with Crippen molar-refractivity contribution in [1.82, 2.24) is 25.5 Å². The van der Waals surface area contributed by atoms with Crippen molar-refractivity contribution in [2.45, 2.75) is 44.8 Å². The Morgan fingerprint density at radius 2 is 1.83 bits per heavy atom. The Morgan fingerprint density at radius 3 is 2.60 bits per heavy atom. The van der Waals surface area contributed by atoms with Crippen molar-refractivity contribution in [3.05, 3.63) is 70.6 Å². The number of aromatic nitrogens is 4. The van der Waals surface area contributed by atoms with E-state index in [4.69, 9.17) is 4.74 Å². The average molecular weight is 477 g/mol. The Labute approximate surface area is 202 Å². The number of nitrogens with one attached hydrogen (secondary N) is 3. The quantitative estimate of drug-likeness (QED) is 0.501. The van der Waals surface area contributed by atoms with Crippen molar-refractivity contribution in [2.75, 3.05) is 5.32 Å². The van der Waals surface area contributed by atoms with Crippen LogP contribution in [0.3, 0.4) is 0 Å². The molecule has 0 aliphatic heterocycles. The minimum Gasteiger partial charge on any atom is -0.445 e. The fourth-order valence-electron chi connectivity index (χ4n) is 5.41. The van der Waals surface area contributed by atoms with Crippen molar-refractivity contribution in [2.24, 2.45) is 17.8 Å².